The summed E-state index contributed by atoms with van der Waals surface area (Å²) in [7, 11) is 1.62. The summed E-state index contributed by atoms with van der Waals surface area (Å²) in [6, 6.07) is 15.4. The number of nitrogens with zero attached hydrogens (tertiary/aromatic N) is 1. The van der Waals surface area contributed by atoms with Crippen LogP contribution in [0.15, 0.2) is 48.5 Å². The maximum atomic E-state index is 12.6. The summed E-state index contributed by atoms with van der Waals surface area (Å²) in [5.41, 5.74) is 4.13. The Morgan fingerprint density at radius 1 is 1.12 bits per heavy atom. The van der Waals surface area contributed by atoms with Crippen LogP contribution < -0.4 is 10.1 Å². The number of pyridine rings is 1. The molecule has 122 valence electrons. The summed E-state index contributed by atoms with van der Waals surface area (Å²) in [6.45, 7) is 3.95. The summed E-state index contributed by atoms with van der Waals surface area (Å²) < 4.78 is 5.24. The summed E-state index contributed by atoms with van der Waals surface area (Å²) >= 11 is 0. The Labute approximate surface area is 141 Å². The number of hydrogen-bond acceptors (Lipinski definition) is 3. The van der Waals surface area contributed by atoms with Gasteiger partial charge in [-0.2, -0.15) is 0 Å². The van der Waals surface area contributed by atoms with E-state index in [2.05, 4.69) is 17.2 Å². The van der Waals surface area contributed by atoms with Gasteiger partial charge in [-0.15, -0.1) is 0 Å². The van der Waals surface area contributed by atoms with Crippen LogP contribution in [0.1, 0.15) is 28.5 Å². The number of amides is 1. The number of anilines is 1. The molecule has 0 aliphatic heterocycles. The van der Waals surface area contributed by atoms with Crippen molar-refractivity contribution in [2.45, 2.75) is 20.3 Å². The Hall–Kier alpha value is -2.88. The van der Waals surface area contributed by atoms with Gasteiger partial charge in [-0.05, 0) is 55.3 Å². The third-order valence-corrected chi connectivity index (χ3v) is 4.08. The molecule has 2 aromatic carbocycles. The second kappa shape index (κ2) is 6.71. The lowest BCUT2D eigenvalue weighted by atomic mass is 10.1. The van der Waals surface area contributed by atoms with Crippen molar-refractivity contribution in [3.8, 4) is 5.75 Å². The maximum absolute atomic E-state index is 12.6. The first-order chi connectivity index (χ1) is 11.6. The van der Waals surface area contributed by atoms with Crippen LogP contribution in [0, 0.1) is 6.92 Å². The SMILES string of the molecule is CCc1ccc(NC(=O)c2cc3cc(OC)ccc3nc2C)cc1. The number of rotatable bonds is 4. The molecule has 3 rings (SSSR count). The lowest BCUT2D eigenvalue weighted by Crippen LogP contribution is -2.14. The van der Waals surface area contributed by atoms with Gasteiger partial charge in [0.15, 0.2) is 0 Å². The molecular formula is C20H20N2O2. The highest BCUT2D eigenvalue weighted by molar-refractivity contribution is 6.06. The van der Waals surface area contributed by atoms with E-state index < -0.39 is 0 Å². The molecular weight excluding hydrogens is 300 g/mol. The predicted octanol–water partition coefficient (Wildman–Crippen LogP) is 4.37. The number of aromatic nitrogens is 1. The Morgan fingerprint density at radius 3 is 2.54 bits per heavy atom. The standard InChI is InChI=1S/C20H20N2O2/c1-4-14-5-7-16(8-6-14)22-20(23)18-12-15-11-17(24-3)9-10-19(15)21-13(18)2/h5-12H,4H2,1-3H3,(H,22,23). The van der Waals surface area contributed by atoms with E-state index >= 15 is 0 Å². The van der Waals surface area contributed by atoms with Gasteiger partial charge in [0.25, 0.3) is 5.91 Å². The predicted molar refractivity (Wildman–Crippen MR) is 96.8 cm³/mol. The molecule has 0 radical (unpaired) electrons. The monoisotopic (exact) mass is 320 g/mol. The van der Waals surface area contributed by atoms with E-state index in [9.17, 15) is 4.79 Å². The Balaban J connectivity index is 1.91. The first-order valence-corrected chi connectivity index (χ1v) is 7.96. The quantitative estimate of drug-likeness (QED) is 0.777. The van der Waals surface area contributed by atoms with E-state index in [4.69, 9.17) is 4.74 Å². The van der Waals surface area contributed by atoms with Crippen LogP contribution in [0.3, 0.4) is 0 Å². The summed E-state index contributed by atoms with van der Waals surface area (Å²) in [5, 5.41) is 3.81. The van der Waals surface area contributed by atoms with Crippen molar-refractivity contribution in [1.29, 1.82) is 0 Å². The van der Waals surface area contributed by atoms with Gasteiger partial charge in [0.1, 0.15) is 5.75 Å². The number of carbonyl (C=O) groups is 1. The molecule has 0 aliphatic carbocycles. The molecule has 0 spiro atoms. The maximum Gasteiger partial charge on any atom is 0.257 e. The van der Waals surface area contributed by atoms with Crippen LogP contribution in [0.2, 0.25) is 0 Å². The zero-order chi connectivity index (χ0) is 17.1. The second-order valence-electron chi connectivity index (χ2n) is 5.68. The van der Waals surface area contributed by atoms with Gasteiger partial charge < -0.3 is 10.1 Å². The minimum Gasteiger partial charge on any atom is -0.497 e. The molecule has 0 fully saturated rings. The van der Waals surface area contributed by atoms with E-state index in [1.807, 2.05) is 55.5 Å². The Kier molecular flexibility index (Phi) is 4.47. The van der Waals surface area contributed by atoms with Gasteiger partial charge in [0, 0.05) is 11.1 Å². The van der Waals surface area contributed by atoms with Crippen molar-refractivity contribution in [2.24, 2.45) is 0 Å². The van der Waals surface area contributed by atoms with Crippen molar-refractivity contribution in [3.05, 3.63) is 65.4 Å². The highest BCUT2D eigenvalue weighted by atomic mass is 16.5. The molecule has 1 aromatic heterocycles. The fourth-order valence-corrected chi connectivity index (χ4v) is 2.63. The van der Waals surface area contributed by atoms with Gasteiger partial charge in [0.2, 0.25) is 0 Å². The smallest absolute Gasteiger partial charge is 0.257 e. The molecule has 0 bridgehead atoms. The van der Waals surface area contributed by atoms with Gasteiger partial charge in [-0.3, -0.25) is 9.78 Å². The minimum atomic E-state index is -0.158. The summed E-state index contributed by atoms with van der Waals surface area (Å²) in [5.74, 6) is 0.587. The van der Waals surface area contributed by atoms with Crippen LogP contribution in [-0.2, 0) is 6.42 Å². The summed E-state index contributed by atoms with van der Waals surface area (Å²) in [4.78, 5) is 17.1. The van der Waals surface area contributed by atoms with Crippen molar-refractivity contribution in [2.75, 3.05) is 12.4 Å². The number of nitrogens with one attached hydrogen (secondary N) is 1. The molecule has 0 saturated carbocycles. The lowest BCUT2D eigenvalue weighted by molar-refractivity contribution is 0.102. The van der Waals surface area contributed by atoms with Crippen molar-refractivity contribution in [1.82, 2.24) is 4.98 Å². The molecule has 0 saturated heterocycles. The van der Waals surface area contributed by atoms with E-state index in [1.54, 1.807) is 7.11 Å². The topological polar surface area (TPSA) is 51.2 Å². The van der Waals surface area contributed by atoms with Crippen LogP contribution in [0.25, 0.3) is 10.9 Å². The fraction of sp³-hybridized carbons (Fsp3) is 0.200. The molecule has 1 amide bonds. The molecule has 4 nitrogen and oxygen atoms in total. The number of methoxy groups -OCH3 is 1. The van der Waals surface area contributed by atoms with E-state index in [0.717, 1.165) is 28.8 Å². The first-order valence-electron chi connectivity index (χ1n) is 7.96. The first kappa shape index (κ1) is 16.0. The Bertz CT molecular complexity index is 886. The average molecular weight is 320 g/mol. The zero-order valence-electron chi connectivity index (χ0n) is 14.1. The molecule has 1 N–H and O–H groups in total. The molecule has 0 aliphatic rings. The van der Waals surface area contributed by atoms with E-state index in [0.29, 0.717) is 11.3 Å². The third kappa shape index (κ3) is 3.23. The normalized spacial score (nSPS) is 10.6. The second-order valence-corrected chi connectivity index (χ2v) is 5.68. The highest BCUT2D eigenvalue weighted by Gasteiger charge is 2.12. The zero-order valence-corrected chi connectivity index (χ0v) is 14.1. The average Bonchev–Trinajstić information content (AvgIpc) is 2.61. The molecule has 0 unspecified atom stereocenters. The van der Waals surface area contributed by atoms with Crippen LogP contribution in [-0.4, -0.2) is 18.0 Å². The summed E-state index contributed by atoms with van der Waals surface area (Å²) in [6.07, 6.45) is 0.976. The molecule has 1 heterocycles. The number of carbonyl (C=O) groups excluding carboxylic acids is 1. The van der Waals surface area contributed by atoms with Crippen molar-refractivity contribution >= 4 is 22.5 Å². The molecule has 4 heteroatoms. The van der Waals surface area contributed by atoms with Gasteiger partial charge in [0.05, 0.1) is 23.9 Å². The number of ether oxygens (including phenoxy) is 1. The highest BCUT2D eigenvalue weighted by Crippen LogP contribution is 2.22. The minimum absolute atomic E-state index is 0.158. The number of hydrogen-bond donors (Lipinski definition) is 1. The number of aryl methyl sites for hydroxylation is 2. The largest absolute Gasteiger partial charge is 0.497 e. The molecule has 24 heavy (non-hydrogen) atoms. The molecule has 3 aromatic rings. The van der Waals surface area contributed by atoms with Gasteiger partial charge in [-0.1, -0.05) is 19.1 Å². The lowest BCUT2D eigenvalue weighted by Gasteiger charge is -2.10. The van der Waals surface area contributed by atoms with E-state index in [1.165, 1.54) is 5.56 Å². The molecule has 0 atom stereocenters. The fourth-order valence-electron chi connectivity index (χ4n) is 2.63. The van der Waals surface area contributed by atoms with Crippen molar-refractivity contribution in [3.63, 3.8) is 0 Å². The van der Waals surface area contributed by atoms with Crippen molar-refractivity contribution < 1.29 is 9.53 Å². The third-order valence-electron chi connectivity index (χ3n) is 4.08. The number of fused-ring (bicyclic) bond motifs is 1. The van der Waals surface area contributed by atoms with Gasteiger partial charge in [-0.25, -0.2) is 0 Å². The van der Waals surface area contributed by atoms with E-state index in [-0.39, 0.29) is 5.91 Å². The Morgan fingerprint density at radius 2 is 1.88 bits per heavy atom. The van der Waals surface area contributed by atoms with Gasteiger partial charge >= 0.3 is 0 Å². The van der Waals surface area contributed by atoms with Crippen LogP contribution in [0.5, 0.6) is 5.75 Å². The van der Waals surface area contributed by atoms with Crippen LogP contribution >= 0.6 is 0 Å². The van der Waals surface area contributed by atoms with Crippen LogP contribution in [0.4, 0.5) is 5.69 Å². The number of benzene rings is 2.